The third kappa shape index (κ3) is 4.79. The topological polar surface area (TPSA) is 92.3 Å². The molecule has 0 bridgehead atoms. The van der Waals surface area contributed by atoms with Crippen molar-refractivity contribution in [1.29, 1.82) is 0 Å². The van der Waals surface area contributed by atoms with Crippen molar-refractivity contribution in [3.63, 3.8) is 0 Å². The number of benzene rings is 1. The van der Waals surface area contributed by atoms with Crippen molar-refractivity contribution in [2.45, 2.75) is 0 Å². The summed E-state index contributed by atoms with van der Waals surface area (Å²) in [6.45, 7) is 2.90. The Bertz CT molecular complexity index is 1040. The van der Waals surface area contributed by atoms with E-state index in [1.807, 2.05) is 6.07 Å². The molecule has 2 aromatic heterocycles. The lowest BCUT2D eigenvalue weighted by molar-refractivity contribution is 0.102. The highest BCUT2D eigenvalue weighted by Crippen LogP contribution is 2.26. The number of halogens is 2. The van der Waals surface area contributed by atoms with E-state index >= 15 is 0 Å². The maximum Gasteiger partial charge on any atom is 0.258 e. The molecule has 1 amide bonds. The minimum absolute atomic E-state index is 0.216. The lowest BCUT2D eigenvalue weighted by Gasteiger charge is -2.27. The van der Waals surface area contributed by atoms with E-state index < -0.39 is 5.91 Å². The second kappa shape index (κ2) is 9.25. The zero-order chi connectivity index (χ0) is 20.9. The number of pyridine rings is 1. The first kappa shape index (κ1) is 20.3. The lowest BCUT2D eigenvalue weighted by atomic mass is 10.2. The van der Waals surface area contributed by atoms with E-state index in [2.05, 4.69) is 30.5 Å². The van der Waals surface area contributed by atoms with Gasteiger partial charge in [-0.2, -0.15) is 4.98 Å². The molecule has 0 aliphatic carbocycles. The van der Waals surface area contributed by atoms with Crippen LogP contribution >= 0.6 is 23.2 Å². The molecule has 1 aliphatic heterocycles. The third-order valence-corrected chi connectivity index (χ3v) is 5.05. The van der Waals surface area contributed by atoms with Gasteiger partial charge < -0.3 is 20.3 Å². The number of hydrogen-bond donors (Lipinski definition) is 2. The van der Waals surface area contributed by atoms with Crippen molar-refractivity contribution in [1.82, 2.24) is 15.0 Å². The SMILES string of the molecule is O=C(Nc1ccnc(Nc2nccc(N3CCOCC3)n2)c1)c1c(Cl)cccc1Cl. The Kier molecular flexibility index (Phi) is 6.27. The number of carbonyl (C=O) groups excluding carboxylic acids is 1. The first-order chi connectivity index (χ1) is 14.6. The van der Waals surface area contributed by atoms with E-state index in [1.165, 1.54) is 0 Å². The molecule has 3 aromatic rings. The van der Waals surface area contributed by atoms with Crippen LogP contribution in [0.4, 0.5) is 23.3 Å². The predicted molar refractivity (Wildman–Crippen MR) is 117 cm³/mol. The Morgan fingerprint density at radius 2 is 1.77 bits per heavy atom. The number of nitrogens with one attached hydrogen (secondary N) is 2. The molecule has 0 unspecified atom stereocenters. The molecule has 2 N–H and O–H groups in total. The number of morpholine rings is 1. The van der Waals surface area contributed by atoms with Crippen molar-refractivity contribution in [2.75, 3.05) is 41.8 Å². The second-order valence-electron chi connectivity index (χ2n) is 6.44. The highest BCUT2D eigenvalue weighted by Gasteiger charge is 2.16. The van der Waals surface area contributed by atoms with E-state index in [0.717, 1.165) is 18.9 Å². The molecule has 1 aromatic carbocycles. The van der Waals surface area contributed by atoms with Crippen molar-refractivity contribution in [3.05, 3.63) is 64.4 Å². The number of aromatic nitrogens is 3. The Labute approximate surface area is 183 Å². The summed E-state index contributed by atoms with van der Waals surface area (Å²) < 4.78 is 5.38. The minimum atomic E-state index is -0.409. The van der Waals surface area contributed by atoms with Crippen molar-refractivity contribution in [2.24, 2.45) is 0 Å². The number of hydrogen-bond acceptors (Lipinski definition) is 7. The van der Waals surface area contributed by atoms with E-state index in [9.17, 15) is 4.79 Å². The summed E-state index contributed by atoms with van der Waals surface area (Å²) in [6.07, 6.45) is 3.25. The number of amides is 1. The average Bonchev–Trinajstić information content (AvgIpc) is 2.75. The van der Waals surface area contributed by atoms with Crippen molar-refractivity contribution in [3.8, 4) is 0 Å². The number of carbonyl (C=O) groups is 1. The molecule has 154 valence electrons. The summed E-state index contributed by atoms with van der Waals surface area (Å²) in [5, 5.41) is 6.40. The van der Waals surface area contributed by atoms with Crippen LogP contribution in [0.2, 0.25) is 10.0 Å². The molecule has 10 heteroatoms. The van der Waals surface area contributed by atoms with Gasteiger partial charge in [-0.1, -0.05) is 29.3 Å². The highest BCUT2D eigenvalue weighted by atomic mass is 35.5. The predicted octanol–water partition coefficient (Wildman–Crippen LogP) is 4.01. The fourth-order valence-electron chi connectivity index (χ4n) is 2.98. The molecule has 0 spiro atoms. The molecule has 3 heterocycles. The van der Waals surface area contributed by atoms with Crippen molar-refractivity contribution < 1.29 is 9.53 Å². The van der Waals surface area contributed by atoms with Gasteiger partial charge in [-0.3, -0.25) is 4.79 Å². The first-order valence-electron chi connectivity index (χ1n) is 9.24. The van der Waals surface area contributed by atoms with Gasteiger partial charge >= 0.3 is 0 Å². The fourth-order valence-corrected chi connectivity index (χ4v) is 3.55. The van der Waals surface area contributed by atoms with Crippen LogP contribution in [-0.4, -0.2) is 47.2 Å². The number of anilines is 4. The molecule has 0 radical (unpaired) electrons. The standard InChI is InChI=1S/C20H18Cl2N6O2/c21-14-2-1-3-15(22)18(14)19(29)25-13-4-6-23-16(12-13)26-20-24-7-5-17(27-20)28-8-10-30-11-9-28/h1-7,12H,8-11H2,(H2,23,24,25,26,27,29). The highest BCUT2D eigenvalue weighted by molar-refractivity contribution is 6.40. The van der Waals surface area contributed by atoms with Gasteiger partial charge in [0.2, 0.25) is 5.95 Å². The third-order valence-electron chi connectivity index (χ3n) is 4.42. The molecule has 8 nitrogen and oxygen atoms in total. The monoisotopic (exact) mass is 444 g/mol. The Morgan fingerprint density at radius 3 is 2.53 bits per heavy atom. The van der Waals surface area contributed by atoms with Crippen LogP contribution in [0.15, 0.2) is 48.8 Å². The van der Waals surface area contributed by atoms with Gasteiger partial charge in [-0.25, -0.2) is 9.97 Å². The molecule has 1 aliphatic rings. The summed E-state index contributed by atoms with van der Waals surface area (Å²) in [6, 6.07) is 10.1. The summed E-state index contributed by atoms with van der Waals surface area (Å²) in [5.41, 5.74) is 0.742. The fraction of sp³-hybridized carbons (Fsp3) is 0.200. The maximum atomic E-state index is 12.6. The number of nitrogens with zero attached hydrogens (tertiary/aromatic N) is 4. The zero-order valence-electron chi connectivity index (χ0n) is 15.8. The first-order valence-corrected chi connectivity index (χ1v) is 10.00. The van der Waals surface area contributed by atoms with Gasteiger partial charge in [0.25, 0.3) is 5.91 Å². The van der Waals surface area contributed by atoms with Crippen molar-refractivity contribution >= 4 is 52.4 Å². The summed E-state index contributed by atoms with van der Waals surface area (Å²) >= 11 is 12.2. The van der Waals surface area contributed by atoms with Gasteiger partial charge in [0.15, 0.2) is 0 Å². The Hall–Kier alpha value is -2.94. The van der Waals surface area contributed by atoms with Crippen LogP contribution in [-0.2, 0) is 4.74 Å². The van der Waals surface area contributed by atoms with Gasteiger partial charge in [-0.15, -0.1) is 0 Å². The quantitative estimate of drug-likeness (QED) is 0.613. The molecule has 1 saturated heterocycles. The van der Waals surface area contributed by atoms with E-state index in [4.69, 9.17) is 27.9 Å². The molecule has 0 atom stereocenters. The average molecular weight is 445 g/mol. The summed E-state index contributed by atoms with van der Waals surface area (Å²) in [5.74, 6) is 1.29. The van der Waals surface area contributed by atoms with E-state index in [-0.39, 0.29) is 15.6 Å². The van der Waals surface area contributed by atoms with Crippen LogP contribution in [0.3, 0.4) is 0 Å². The molecular weight excluding hydrogens is 427 g/mol. The molecule has 0 saturated carbocycles. The van der Waals surface area contributed by atoms with Gasteiger partial charge in [0.1, 0.15) is 11.6 Å². The smallest absolute Gasteiger partial charge is 0.258 e. The second-order valence-corrected chi connectivity index (χ2v) is 7.26. The number of ether oxygens (including phenoxy) is 1. The minimum Gasteiger partial charge on any atom is -0.378 e. The van der Waals surface area contributed by atoms with E-state index in [1.54, 1.807) is 42.7 Å². The van der Waals surface area contributed by atoms with Crippen LogP contribution < -0.4 is 15.5 Å². The maximum absolute atomic E-state index is 12.6. The Balaban J connectivity index is 1.48. The van der Waals surface area contributed by atoms with Crippen LogP contribution in [0.5, 0.6) is 0 Å². The molecular formula is C20H18Cl2N6O2. The largest absolute Gasteiger partial charge is 0.378 e. The lowest BCUT2D eigenvalue weighted by Crippen LogP contribution is -2.36. The Morgan fingerprint density at radius 1 is 1.03 bits per heavy atom. The van der Waals surface area contributed by atoms with Crippen LogP contribution in [0, 0.1) is 0 Å². The molecule has 30 heavy (non-hydrogen) atoms. The normalized spacial score (nSPS) is 13.7. The molecule has 4 rings (SSSR count). The van der Waals surface area contributed by atoms with E-state index in [0.29, 0.717) is 30.7 Å². The van der Waals surface area contributed by atoms with Gasteiger partial charge in [0, 0.05) is 37.2 Å². The van der Waals surface area contributed by atoms with Gasteiger partial charge in [-0.05, 0) is 24.3 Å². The summed E-state index contributed by atoms with van der Waals surface area (Å²) in [4.78, 5) is 27.8. The van der Waals surface area contributed by atoms with Gasteiger partial charge in [0.05, 0.1) is 28.8 Å². The zero-order valence-corrected chi connectivity index (χ0v) is 17.3. The molecule has 1 fully saturated rings. The van der Waals surface area contributed by atoms with Crippen LogP contribution in [0.25, 0.3) is 0 Å². The summed E-state index contributed by atoms with van der Waals surface area (Å²) in [7, 11) is 0. The van der Waals surface area contributed by atoms with Crippen LogP contribution in [0.1, 0.15) is 10.4 Å². The number of rotatable bonds is 5.